The summed E-state index contributed by atoms with van der Waals surface area (Å²) in [6.45, 7) is 2.00. The van der Waals surface area contributed by atoms with E-state index in [-0.39, 0.29) is 18.6 Å². The van der Waals surface area contributed by atoms with Crippen LogP contribution in [0.15, 0.2) is 24.3 Å². The first-order chi connectivity index (χ1) is 12.5. The van der Waals surface area contributed by atoms with Gasteiger partial charge in [0, 0.05) is 6.54 Å². The van der Waals surface area contributed by atoms with Crippen molar-refractivity contribution in [3.8, 4) is 5.75 Å². The molecule has 1 saturated carbocycles. The summed E-state index contributed by atoms with van der Waals surface area (Å²) in [4.78, 5) is 22.7. The molecule has 26 heavy (non-hydrogen) atoms. The zero-order chi connectivity index (χ0) is 18.8. The molecule has 0 bridgehead atoms. The number of ether oxygens (including phenoxy) is 2. The van der Waals surface area contributed by atoms with Crippen LogP contribution in [-0.4, -0.2) is 42.3 Å². The summed E-state index contributed by atoms with van der Waals surface area (Å²) in [7, 11) is 0. The largest absolute Gasteiger partial charge is 0.482 e. The van der Waals surface area contributed by atoms with Crippen LogP contribution in [0.2, 0.25) is 0 Å². The number of nitrogens with one attached hydrogen (secondary N) is 1. The van der Waals surface area contributed by atoms with E-state index < -0.39 is 12.1 Å². The molecule has 2 N–H and O–H groups in total. The van der Waals surface area contributed by atoms with Crippen molar-refractivity contribution in [2.24, 2.45) is 0 Å². The van der Waals surface area contributed by atoms with E-state index in [0.29, 0.717) is 18.7 Å². The number of carboxylic acid groups (broad SMARTS) is 1. The van der Waals surface area contributed by atoms with E-state index in [0.717, 1.165) is 18.4 Å². The Morgan fingerprint density at radius 3 is 2.42 bits per heavy atom. The minimum atomic E-state index is -1.00. The monoisotopic (exact) mass is 363 g/mol. The Morgan fingerprint density at radius 1 is 1.15 bits per heavy atom. The Bertz CT molecular complexity index is 564. The number of carbonyl (C=O) groups excluding carboxylic acids is 1. The zero-order valence-electron chi connectivity index (χ0n) is 15.4. The van der Waals surface area contributed by atoms with Crippen LogP contribution < -0.4 is 10.1 Å². The highest BCUT2D eigenvalue weighted by Crippen LogP contribution is 2.21. The first kappa shape index (κ1) is 20.2. The Kier molecular flexibility index (Phi) is 8.41. The molecule has 6 nitrogen and oxygen atoms in total. The van der Waals surface area contributed by atoms with Gasteiger partial charge in [0.1, 0.15) is 11.9 Å². The molecule has 0 aromatic heterocycles. The number of hydrogen-bond donors (Lipinski definition) is 2. The molecule has 1 fully saturated rings. The van der Waals surface area contributed by atoms with Gasteiger partial charge in [-0.3, -0.25) is 4.79 Å². The maximum Gasteiger partial charge on any atom is 0.341 e. The maximum absolute atomic E-state index is 12.2. The summed E-state index contributed by atoms with van der Waals surface area (Å²) < 4.78 is 11.0. The highest BCUT2D eigenvalue weighted by Gasteiger charge is 2.20. The Hall–Kier alpha value is -2.08. The van der Waals surface area contributed by atoms with Crippen LogP contribution in [0.3, 0.4) is 0 Å². The van der Waals surface area contributed by atoms with Gasteiger partial charge in [0.15, 0.2) is 6.61 Å². The van der Waals surface area contributed by atoms with Crippen LogP contribution in [0, 0.1) is 0 Å². The molecule has 0 radical (unpaired) electrons. The Labute approximate surface area is 154 Å². The van der Waals surface area contributed by atoms with Gasteiger partial charge in [-0.1, -0.05) is 37.8 Å². The molecule has 1 atom stereocenters. The molecular formula is C20H29NO5. The van der Waals surface area contributed by atoms with Gasteiger partial charge in [-0.2, -0.15) is 0 Å². The van der Waals surface area contributed by atoms with Gasteiger partial charge < -0.3 is 19.9 Å². The summed E-state index contributed by atoms with van der Waals surface area (Å²) in [6.07, 6.45) is 7.47. The van der Waals surface area contributed by atoms with Crippen LogP contribution >= 0.6 is 0 Å². The standard InChI is InChI=1S/C20H29NO5/c1-15(26-18-6-4-2-3-5-7-18)20(24)21-13-12-16-8-10-17(11-9-16)25-14-19(22)23/h8-11,15,18H,2-7,12-14H2,1H3,(H,21,24)(H,22,23). The number of carbonyl (C=O) groups is 2. The highest BCUT2D eigenvalue weighted by molar-refractivity contribution is 5.80. The lowest BCUT2D eigenvalue weighted by Gasteiger charge is -2.20. The molecule has 1 aromatic carbocycles. The third-order valence-corrected chi connectivity index (χ3v) is 4.57. The average Bonchev–Trinajstić information content (AvgIpc) is 2.89. The number of amides is 1. The molecule has 1 unspecified atom stereocenters. The van der Waals surface area contributed by atoms with Crippen molar-refractivity contribution in [3.05, 3.63) is 29.8 Å². The molecule has 1 aliphatic rings. The number of benzene rings is 1. The first-order valence-electron chi connectivity index (χ1n) is 9.41. The topological polar surface area (TPSA) is 84.9 Å². The molecule has 6 heteroatoms. The van der Waals surface area contributed by atoms with Crippen molar-refractivity contribution >= 4 is 11.9 Å². The Morgan fingerprint density at radius 2 is 1.81 bits per heavy atom. The normalized spacial score (nSPS) is 16.5. The van der Waals surface area contributed by atoms with Crippen LogP contribution in [-0.2, 0) is 20.7 Å². The predicted octanol–water partition coefficient (Wildman–Crippen LogP) is 2.94. The van der Waals surface area contributed by atoms with Gasteiger partial charge in [0.05, 0.1) is 6.10 Å². The summed E-state index contributed by atoms with van der Waals surface area (Å²) in [6, 6.07) is 7.21. The van der Waals surface area contributed by atoms with E-state index in [1.807, 2.05) is 19.1 Å². The molecule has 2 rings (SSSR count). The summed E-state index contributed by atoms with van der Waals surface area (Å²) >= 11 is 0. The lowest BCUT2D eigenvalue weighted by molar-refractivity contribution is -0.139. The molecule has 1 aliphatic carbocycles. The number of rotatable bonds is 9. The second-order valence-electron chi connectivity index (χ2n) is 6.76. The molecule has 1 aromatic rings. The van der Waals surface area contributed by atoms with Crippen molar-refractivity contribution in [3.63, 3.8) is 0 Å². The van der Waals surface area contributed by atoms with Gasteiger partial charge >= 0.3 is 5.97 Å². The summed E-state index contributed by atoms with van der Waals surface area (Å²) in [5, 5.41) is 11.5. The molecular weight excluding hydrogens is 334 g/mol. The lowest BCUT2D eigenvalue weighted by atomic mass is 10.1. The van der Waals surface area contributed by atoms with Crippen molar-refractivity contribution in [1.82, 2.24) is 5.32 Å². The van der Waals surface area contributed by atoms with E-state index in [1.54, 1.807) is 12.1 Å². The molecule has 1 amide bonds. The predicted molar refractivity (Wildman–Crippen MR) is 98.3 cm³/mol. The maximum atomic E-state index is 12.2. The first-order valence-corrected chi connectivity index (χ1v) is 9.41. The van der Waals surface area contributed by atoms with Crippen molar-refractivity contribution in [2.75, 3.05) is 13.2 Å². The van der Waals surface area contributed by atoms with E-state index in [1.165, 1.54) is 25.7 Å². The van der Waals surface area contributed by atoms with Crippen molar-refractivity contribution in [1.29, 1.82) is 0 Å². The fraction of sp³-hybridized carbons (Fsp3) is 0.600. The SMILES string of the molecule is CC(OC1CCCCCC1)C(=O)NCCc1ccc(OCC(=O)O)cc1. The number of carboxylic acids is 1. The molecule has 0 aliphatic heterocycles. The molecule has 144 valence electrons. The second-order valence-corrected chi connectivity index (χ2v) is 6.76. The van der Waals surface area contributed by atoms with Crippen LogP contribution in [0.25, 0.3) is 0 Å². The minimum Gasteiger partial charge on any atom is -0.482 e. The quantitative estimate of drug-likeness (QED) is 0.659. The minimum absolute atomic E-state index is 0.0735. The smallest absolute Gasteiger partial charge is 0.341 e. The summed E-state index contributed by atoms with van der Waals surface area (Å²) in [5.74, 6) is -0.557. The van der Waals surface area contributed by atoms with Crippen LogP contribution in [0.1, 0.15) is 51.0 Å². The van der Waals surface area contributed by atoms with Crippen molar-refractivity contribution in [2.45, 2.75) is 64.1 Å². The van der Waals surface area contributed by atoms with Gasteiger partial charge in [-0.05, 0) is 43.9 Å². The van der Waals surface area contributed by atoms with Crippen molar-refractivity contribution < 1.29 is 24.2 Å². The average molecular weight is 363 g/mol. The number of aliphatic carboxylic acids is 1. The van der Waals surface area contributed by atoms with Gasteiger partial charge in [0.25, 0.3) is 0 Å². The van der Waals surface area contributed by atoms with E-state index in [2.05, 4.69) is 5.32 Å². The van der Waals surface area contributed by atoms with Gasteiger partial charge in [-0.25, -0.2) is 4.79 Å². The summed E-state index contributed by atoms with van der Waals surface area (Å²) in [5.41, 5.74) is 1.05. The fourth-order valence-corrected chi connectivity index (χ4v) is 3.10. The highest BCUT2D eigenvalue weighted by atomic mass is 16.5. The van der Waals surface area contributed by atoms with E-state index in [4.69, 9.17) is 14.6 Å². The third-order valence-electron chi connectivity index (χ3n) is 4.57. The lowest BCUT2D eigenvalue weighted by Crippen LogP contribution is -2.37. The van der Waals surface area contributed by atoms with E-state index in [9.17, 15) is 9.59 Å². The Balaban J connectivity index is 1.67. The second kappa shape index (κ2) is 10.8. The fourth-order valence-electron chi connectivity index (χ4n) is 3.10. The zero-order valence-corrected chi connectivity index (χ0v) is 15.4. The van der Waals surface area contributed by atoms with Crippen LogP contribution in [0.5, 0.6) is 5.75 Å². The van der Waals surface area contributed by atoms with Gasteiger partial charge in [0.2, 0.25) is 5.91 Å². The molecule has 0 saturated heterocycles. The number of hydrogen-bond acceptors (Lipinski definition) is 4. The third kappa shape index (κ3) is 7.44. The van der Waals surface area contributed by atoms with E-state index >= 15 is 0 Å². The van der Waals surface area contributed by atoms with Gasteiger partial charge in [-0.15, -0.1) is 0 Å². The molecule has 0 spiro atoms. The van der Waals surface area contributed by atoms with Crippen LogP contribution in [0.4, 0.5) is 0 Å². The molecule has 0 heterocycles.